The average molecular weight is 249 g/mol. The zero-order chi connectivity index (χ0) is 12.3. The van der Waals surface area contributed by atoms with Crippen molar-refractivity contribution in [3.8, 4) is 5.75 Å². The summed E-state index contributed by atoms with van der Waals surface area (Å²) in [5.74, 6) is 0.942. The zero-order valence-electron chi connectivity index (χ0n) is 10.7. The van der Waals surface area contributed by atoms with Gasteiger partial charge in [0.05, 0.1) is 7.11 Å². The molecule has 0 amide bonds. The molecule has 0 aliphatic carbocycles. The van der Waals surface area contributed by atoms with Gasteiger partial charge >= 0.3 is 0 Å². The summed E-state index contributed by atoms with van der Waals surface area (Å²) in [5, 5.41) is 4.64. The van der Waals surface area contributed by atoms with E-state index in [0.29, 0.717) is 0 Å². The van der Waals surface area contributed by atoms with E-state index in [-0.39, 0.29) is 0 Å². The molecule has 0 radical (unpaired) electrons. The Morgan fingerprint density at radius 1 is 1.35 bits per heavy atom. The summed E-state index contributed by atoms with van der Waals surface area (Å²) in [5.41, 5.74) is 1.50. The fourth-order valence-corrected chi connectivity index (χ4v) is 3.43. The fourth-order valence-electron chi connectivity index (χ4n) is 2.14. The molecule has 1 aromatic carbocycles. The summed E-state index contributed by atoms with van der Waals surface area (Å²) in [7, 11) is 3.72. The third kappa shape index (κ3) is 2.45. The van der Waals surface area contributed by atoms with Crippen molar-refractivity contribution in [2.24, 2.45) is 0 Å². The number of ether oxygens (including phenoxy) is 1. The van der Waals surface area contributed by atoms with Gasteiger partial charge in [-0.25, -0.2) is 0 Å². The molecule has 0 fully saturated rings. The zero-order valence-corrected chi connectivity index (χ0v) is 11.5. The molecule has 0 aliphatic heterocycles. The van der Waals surface area contributed by atoms with E-state index in [2.05, 4.69) is 30.4 Å². The Labute approximate surface area is 107 Å². The number of rotatable bonds is 5. The Hall–Kier alpha value is -1.06. The Kier molecular flexibility index (Phi) is 4.02. The maximum Gasteiger partial charge on any atom is 0.120 e. The van der Waals surface area contributed by atoms with Gasteiger partial charge < -0.3 is 10.1 Å². The van der Waals surface area contributed by atoms with E-state index >= 15 is 0 Å². The molecule has 0 saturated carbocycles. The molecule has 0 unspecified atom stereocenters. The van der Waals surface area contributed by atoms with Crippen molar-refractivity contribution < 1.29 is 4.74 Å². The number of benzene rings is 1. The molecule has 2 nitrogen and oxygen atoms in total. The first-order chi connectivity index (χ1) is 8.30. The van der Waals surface area contributed by atoms with Crippen molar-refractivity contribution in [1.82, 2.24) is 5.32 Å². The molecular formula is C14H19NOS. The van der Waals surface area contributed by atoms with Crippen LogP contribution in [0.25, 0.3) is 10.1 Å². The van der Waals surface area contributed by atoms with Gasteiger partial charge in [-0.2, -0.15) is 0 Å². The maximum absolute atomic E-state index is 5.28. The molecule has 1 aromatic heterocycles. The maximum atomic E-state index is 5.28. The third-order valence-corrected chi connectivity index (χ3v) is 4.12. The van der Waals surface area contributed by atoms with Gasteiger partial charge in [-0.3, -0.25) is 0 Å². The fraction of sp³-hybridized carbons (Fsp3) is 0.429. The van der Waals surface area contributed by atoms with Crippen molar-refractivity contribution in [2.75, 3.05) is 14.2 Å². The Balaban J connectivity index is 2.52. The molecule has 0 bridgehead atoms. The molecule has 3 heteroatoms. The lowest BCUT2D eigenvalue weighted by atomic mass is 10.1. The molecular weight excluding hydrogens is 230 g/mol. The van der Waals surface area contributed by atoms with Gasteiger partial charge in [0.2, 0.25) is 0 Å². The summed E-state index contributed by atoms with van der Waals surface area (Å²) >= 11 is 1.88. The van der Waals surface area contributed by atoms with Crippen LogP contribution in [-0.2, 0) is 13.0 Å². The molecule has 1 N–H and O–H groups in total. The minimum atomic E-state index is 0.942. The predicted molar refractivity (Wildman–Crippen MR) is 75.1 cm³/mol. The summed E-state index contributed by atoms with van der Waals surface area (Å²) in [6, 6.07) is 6.38. The van der Waals surface area contributed by atoms with Gasteiger partial charge in [0, 0.05) is 16.1 Å². The van der Waals surface area contributed by atoms with Gasteiger partial charge in [-0.05, 0) is 42.6 Å². The molecule has 17 heavy (non-hydrogen) atoms. The van der Waals surface area contributed by atoms with E-state index in [0.717, 1.165) is 18.7 Å². The normalized spacial score (nSPS) is 11.0. The van der Waals surface area contributed by atoms with E-state index in [1.54, 1.807) is 7.11 Å². The van der Waals surface area contributed by atoms with E-state index in [4.69, 9.17) is 4.74 Å². The summed E-state index contributed by atoms with van der Waals surface area (Å²) in [4.78, 5) is 1.46. The van der Waals surface area contributed by atoms with E-state index in [1.807, 2.05) is 18.4 Å². The molecule has 2 aromatic rings. The van der Waals surface area contributed by atoms with Gasteiger partial charge in [-0.15, -0.1) is 11.3 Å². The molecule has 2 rings (SSSR count). The smallest absolute Gasteiger partial charge is 0.120 e. The Morgan fingerprint density at radius 3 is 2.82 bits per heavy atom. The summed E-state index contributed by atoms with van der Waals surface area (Å²) in [6.45, 7) is 3.19. The Morgan fingerprint density at radius 2 is 2.18 bits per heavy atom. The lowest BCUT2D eigenvalue weighted by molar-refractivity contribution is 0.415. The van der Waals surface area contributed by atoms with Crippen LogP contribution in [0.1, 0.15) is 23.8 Å². The highest BCUT2D eigenvalue weighted by atomic mass is 32.1. The van der Waals surface area contributed by atoms with E-state index in [1.165, 1.54) is 26.9 Å². The number of hydrogen-bond donors (Lipinski definition) is 1. The van der Waals surface area contributed by atoms with E-state index in [9.17, 15) is 0 Å². The topological polar surface area (TPSA) is 21.3 Å². The second-order valence-electron chi connectivity index (χ2n) is 4.15. The number of aryl methyl sites for hydroxylation is 1. The predicted octanol–water partition coefficient (Wildman–Crippen LogP) is 3.58. The van der Waals surface area contributed by atoms with Crippen LogP contribution in [-0.4, -0.2) is 14.2 Å². The molecule has 0 atom stereocenters. The lowest BCUT2D eigenvalue weighted by Gasteiger charge is -2.02. The van der Waals surface area contributed by atoms with Crippen LogP contribution in [0.2, 0.25) is 0 Å². The second kappa shape index (κ2) is 5.52. The minimum Gasteiger partial charge on any atom is -0.497 e. The van der Waals surface area contributed by atoms with Crippen LogP contribution in [0, 0.1) is 0 Å². The highest BCUT2D eigenvalue weighted by Crippen LogP contribution is 2.34. The van der Waals surface area contributed by atoms with Crippen LogP contribution >= 0.6 is 11.3 Å². The molecule has 0 saturated heterocycles. The number of fused-ring (bicyclic) bond motifs is 1. The van der Waals surface area contributed by atoms with Crippen molar-refractivity contribution in [3.05, 3.63) is 28.6 Å². The minimum absolute atomic E-state index is 0.942. The van der Waals surface area contributed by atoms with Crippen LogP contribution < -0.4 is 10.1 Å². The number of thiophene rings is 1. The first-order valence-electron chi connectivity index (χ1n) is 6.03. The van der Waals surface area contributed by atoms with Gasteiger partial charge in [0.25, 0.3) is 0 Å². The van der Waals surface area contributed by atoms with Gasteiger partial charge in [-0.1, -0.05) is 13.3 Å². The van der Waals surface area contributed by atoms with Gasteiger partial charge in [0.15, 0.2) is 0 Å². The third-order valence-electron chi connectivity index (χ3n) is 2.92. The molecule has 0 aliphatic rings. The first kappa shape index (κ1) is 12.4. The van der Waals surface area contributed by atoms with Crippen LogP contribution in [0.5, 0.6) is 5.75 Å². The van der Waals surface area contributed by atoms with Crippen molar-refractivity contribution in [2.45, 2.75) is 26.3 Å². The summed E-state index contributed by atoms with van der Waals surface area (Å²) in [6.07, 6.45) is 2.35. The number of methoxy groups -OCH3 is 1. The largest absolute Gasteiger partial charge is 0.497 e. The highest BCUT2D eigenvalue weighted by Gasteiger charge is 2.11. The molecule has 0 spiro atoms. The second-order valence-corrected chi connectivity index (χ2v) is 5.28. The highest BCUT2D eigenvalue weighted by molar-refractivity contribution is 7.19. The van der Waals surface area contributed by atoms with Crippen LogP contribution in [0.15, 0.2) is 18.2 Å². The first-order valence-corrected chi connectivity index (χ1v) is 6.84. The monoisotopic (exact) mass is 249 g/mol. The SMILES string of the molecule is CCCc1c(CNC)sc2cc(OC)ccc12. The molecule has 1 heterocycles. The molecule has 92 valence electrons. The van der Waals surface area contributed by atoms with Crippen LogP contribution in [0.3, 0.4) is 0 Å². The van der Waals surface area contributed by atoms with Gasteiger partial charge in [0.1, 0.15) is 5.75 Å². The average Bonchev–Trinajstić information content (AvgIpc) is 2.68. The quantitative estimate of drug-likeness (QED) is 0.874. The van der Waals surface area contributed by atoms with Crippen molar-refractivity contribution in [1.29, 1.82) is 0 Å². The van der Waals surface area contributed by atoms with Crippen molar-refractivity contribution >= 4 is 21.4 Å². The van der Waals surface area contributed by atoms with Crippen LogP contribution in [0.4, 0.5) is 0 Å². The summed E-state index contributed by atoms with van der Waals surface area (Å²) < 4.78 is 6.61. The lowest BCUT2D eigenvalue weighted by Crippen LogP contribution is -2.05. The van der Waals surface area contributed by atoms with E-state index < -0.39 is 0 Å². The number of nitrogens with one attached hydrogen (secondary N) is 1. The Bertz CT molecular complexity index is 504. The van der Waals surface area contributed by atoms with Crippen molar-refractivity contribution in [3.63, 3.8) is 0 Å². The standard InChI is InChI=1S/C14H19NOS/c1-4-5-11-12-7-6-10(16-3)8-13(12)17-14(11)9-15-2/h6-8,15H,4-5,9H2,1-3H3. The number of hydrogen-bond acceptors (Lipinski definition) is 3.